The zero-order valence-electron chi connectivity index (χ0n) is 10.8. The van der Waals surface area contributed by atoms with Gasteiger partial charge in [-0.2, -0.15) is 11.8 Å². The van der Waals surface area contributed by atoms with Crippen molar-refractivity contribution in [1.82, 2.24) is 10.6 Å². The molecular weight excluding hydrogens is 252 g/mol. The Kier molecular flexibility index (Phi) is 6.93. The van der Waals surface area contributed by atoms with Crippen molar-refractivity contribution in [1.29, 1.82) is 0 Å². The van der Waals surface area contributed by atoms with Gasteiger partial charge in [0, 0.05) is 17.8 Å². The molecule has 1 fully saturated rings. The average Bonchev–Trinajstić information content (AvgIpc) is 2.31. The highest BCUT2D eigenvalue weighted by atomic mass is 32.2. The van der Waals surface area contributed by atoms with Crippen molar-refractivity contribution in [3.63, 3.8) is 0 Å². The summed E-state index contributed by atoms with van der Waals surface area (Å²) in [5, 5.41) is 14.5. The van der Waals surface area contributed by atoms with Crippen molar-refractivity contribution in [2.24, 2.45) is 0 Å². The Morgan fingerprint density at radius 3 is 2.72 bits per heavy atom. The third-order valence-electron chi connectivity index (χ3n) is 3.02. The van der Waals surface area contributed by atoms with Gasteiger partial charge in [-0.15, -0.1) is 0 Å². The molecule has 1 rings (SSSR count). The number of aliphatic carboxylic acids is 1. The maximum absolute atomic E-state index is 11.6. The number of nitrogens with one attached hydrogen (secondary N) is 2. The molecule has 3 N–H and O–H groups in total. The van der Waals surface area contributed by atoms with E-state index in [9.17, 15) is 9.59 Å². The maximum atomic E-state index is 11.6. The first kappa shape index (κ1) is 15.1. The minimum absolute atomic E-state index is 0.0365. The van der Waals surface area contributed by atoms with E-state index in [0.29, 0.717) is 5.25 Å². The van der Waals surface area contributed by atoms with E-state index in [1.165, 1.54) is 6.42 Å². The third-order valence-corrected chi connectivity index (χ3v) is 4.35. The van der Waals surface area contributed by atoms with Gasteiger partial charge >= 0.3 is 12.0 Å². The molecule has 2 unspecified atom stereocenters. The minimum Gasteiger partial charge on any atom is -0.481 e. The predicted octanol–water partition coefficient (Wildman–Crippen LogP) is 1.82. The van der Waals surface area contributed by atoms with Crippen LogP contribution in [0.1, 0.15) is 39.0 Å². The molecule has 0 heterocycles. The monoisotopic (exact) mass is 274 g/mol. The standard InChI is InChI=1S/C12H22N2O3S/c1-2-18-10-6-4-3-5-9(10)14-12(17)13-8-7-11(15)16/h9-10H,2-8H2,1H3,(H,15,16)(H2,13,14,17). The van der Waals surface area contributed by atoms with Crippen LogP contribution in [0.15, 0.2) is 0 Å². The van der Waals surface area contributed by atoms with Gasteiger partial charge < -0.3 is 15.7 Å². The average molecular weight is 274 g/mol. The summed E-state index contributed by atoms with van der Waals surface area (Å²) >= 11 is 1.89. The van der Waals surface area contributed by atoms with Gasteiger partial charge in [0.05, 0.1) is 6.42 Å². The molecule has 0 aromatic carbocycles. The van der Waals surface area contributed by atoms with Crippen LogP contribution < -0.4 is 10.6 Å². The summed E-state index contributed by atoms with van der Waals surface area (Å²) in [4.78, 5) is 22.0. The number of amides is 2. The molecule has 1 saturated carbocycles. The molecule has 1 aliphatic carbocycles. The SMILES string of the molecule is CCSC1CCCCC1NC(=O)NCCC(=O)O. The molecule has 0 bridgehead atoms. The zero-order valence-corrected chi connectivity index (χ0v) is 11.6. The highest BCUT2D eigenvalue weighted by Crippen LogP contribution is 2.28. The lowest BCUT2D eigenvalue weighted by molar-refractivity contribution is -0.136. The van der Waals surface area contributed by atoms with Crippen molar-refractivity contribution in [3.8, 4) is 0 Å². The van der Waals surface area contributed by atoms with E-state index >= 15 is 0 Å². The molecule has 0 spiro atoms. The summed E-state index contributed by atoms with van der Waals surface area (Å²) in [5.74, 6) is 0.163. The van der Waals surface area contributed by atoms with Crippen molar-refractivity contribution in [2.45, 2.75) is 50.3 Å². The highest BCUT2D eigenvalue weighted by Gasteiger charge is 2.26. The summed E-state index contributed by atoms with van der Waals surface area (Å²) in [6.45, 7) is 2.31. The number of hydrogen-bond acceptors (Lipinski definition) is 3. The maximum Gasteiger partial charge on any atom is 0.315 e. The second-order valence-corrected chi connectivity index (χ2v) is 5.94. The molecule has 6 heteroatoms. The Bertz CT molecular complexity index is 284. The summed E-state index contributed by atoms with van der Waals surface area (Å²) in [7, 11) is 0. The van der Waals surface area contributed by atoms with Crippen LogP contribution in [0.5, 0.6) is 0 Å². The van der Waals surface area contributed by atoms with Crippen LogP contribution in [0.4, 0.5) is 4.79 Å². The summed E-state index contributed by atoms with van der Waals surface area (Å²) < 4.78 is 0. The van der Waals surface area contributed by atoms with E-state index in [1.54, 1.807) is 0 Å². The van der Waals surface area contributed by atoms with Gasteiger partial charge in [0.2, 0.25) is 0 Å². The van der Waals surface area contributed by atoms with Crippen molar-refractivity contribution >= 4 is 23.8 Å². The normalized spacial score (nSPS) is 23.4. The van der Waals surface area contributed by atoms with E-state index in [4.69, 9.17) is 5.11 Å². The van der Waals surface area contributed by atoms with Gasteiger partial charge in [-0.25, -0.2) is 4.79 Å². The number of thioether (sulfide) groups is 1. The Morgan fingerprint density at radius 1 is 1.33 bits per heavy atom. The van der Waals surface area contributed by atoms with E-state index in [0.717, 1.165) is 25.0 Å². The van der Waals surface area contributed by atoms with Crippen LogP contribution in [0.2, 0.25) is 0 Å². The summed E-state index contributed by atoms with van der Waals surface area (Å²) in [6, 6.07) is -0.0293. The van der Waals surface area contributed by atoms with Gasteiger partial charge in [-0.05, 0) is 18.6 Å². The van der Waals surface area contributed by atoms with Gasteiger partial charge in [-0.1, -0.05) is 19.8 Å². The first-order valence-corrected chi connectivity index (χ1v) is 7.56. The summed E-state index contributed by atoms with van der Waals surface area (Å²) in [6.07, 6.45) is 4.52. The van der Waals surface area contributed by atoms with Crippen molar-refractivity contribution < 1.29 is 14.7 Å². The molecule has 0 aliphatic heterocycles. The number of carbonyl (C=O) groups is 2. The first-order valence-electron chi connectivity index (χ1n) is 6.51. The first-order chi connectivity index (χ1) is 8.63. The van der Waals surface area contributed by atoms with Gasteiger partial charge in [0.15, 0.2) is 0 Å². The van der Waals surface area contributed by atoms with Crippen LogP contribution in [-0.2, 0) is 4.79 Å². The number of urea groups is 1. The van der Waals surface area contributed by atoms with E-state index in [2.05, 4.69) is 17.6 Å². The van der Waals surface area contributed by atoms with Crippen LogP contribution in [0.25, 0.3) is 0 Å². The van der Waals surface area contributed by atoms with Crippen LogP contribution in [0.3, 0.4) is 0 Å². The fourth-order valence-corrected chi connectivity index (χ4v) is 3.38. The number of carboxylic acids is 1. The molecule has 0 radical (unpaired) electrons. The molecule has 18 heavy (non-hydrogen) atoms. The summed E-state index contributed by atoms with van der Waals surface area (Å²) in [5.41, 5.74) is 0. The molecule has 2 amide bonds. The zero-order chi connectivity index (χ0) is 13.4. The number of rotatable bonds is 6. The van der Waals surface area contributed by atoms with E-state index < -0.39 is 5.97 Å². The van der Waals surface area contributed by atoms with Gasteiger partial charge in [0.1, 0.15) is 0 Å². The lowest BCUT2D eigenvalue weighted by Crippen LogP contribution is -2.48. The van der Waals surface area contributed by atoms with Crippen molar-refractivity contribution in [2.75, 3.05) is 12.3 Å². The Hall–Kier alpha value is -0.910. The lowest BCUT2D eigenvalue weighted by atomic mass is 9.95. The second kappa shape index (κ2) is 8.24. The number of hydrogen-bond donors (Lipinski definition) is 3. The fraction of sp³-hybridized carbons (Fsp3) is 0.833. The molecule has 0 saturated heterocycles. The molecular formula is C12H22N2O3S. The number of carbonyl (C=O) groups excluding carboxylic acids is 1. The quantitative estimate of drug-likeness (QED) is 0.690. The van der Waals surface area contributed by atoms with Crippen molar-refractivity contribution in [3.05, 3.63) is 0 Å². The Balaban J connectivity index is 2.29. The molecule has 5 nitrogen and oxygen atoms in total. The Labute approximate surface area is 112 Å². The Morgan fingerprint density at radius 2 is 2.06 bits per heavy atom. The molecule has 104 valence electrons. The molecule has 2 atom stereocenters. The van der Waals surface area contributed by atoms with E-state index in [1.807, 2.05) is 11.8 Å². The van der Waals surface area contributed by atoms with Gasteiger partial charge in [-0.3, -0.25) is 4.79 Å². The van der Waals surface area contributed by atoms with Crippen LogP contribution in [-0.4, -0.2) is 40.7 Å². The number of carboxylic acid groups (broad SMARTS) is 1. The smallest absolute Gasteiger partial charge is 0.315 e. The topological polar surface area (TPSA) is 78.4 Å². The second-order valence-electron chi connectivity index (χ2n) is 4.43. The molecule has 1 aliphatic rings. The molecule has 0 aromatic rings. The van der Waals surface area contributed by atoms with Gasteiger partial charge in [0.25, 0.3) is 0 Å². The fourth-order valence-electron chi connectivity index (χ4n) is 2.18. The third kappa shape index (κ3) is 5.62. The van der Waals surface area contributed by atoms with Crippen LogP contribution in [0, 0.1) is 0 Å². The predicted molar refractivity (Wildman–Crippen MR) is 73.0 cm³/mol. The largest absolute Gasteiger partial charge is 0.481 e. The minimum atomic E-state index is -0.896. The highest BCUT2D eigenvalue weighted by molar-refractivity contribution is 7.99. The van der Waals surface area contributed by atoms with E-state index in [-0.39, 0.29) is 25.0 Å². The molecule has 0 aromatic heterocycles. The lowest BCUT2D eigenvalue weighted by Gasteiger charge is -2.31. The van der Waals surface area contributed by atoms with Crippen LogP contribution >= 0.6 is 11.8 Å².